The minimum atomic E-state index is 0.623. The zero-order valence-corrected chi connectivity index (χ0v) is 17.6. The fraction of sp³-hybridized carbons (Fsp3) is 1.00. The maximum absolute atomic E-state index is 2.53. The fourth-order valence-corrected chi connectivity index (χ4v) is 7.92. The van der Waals surface area contributed by atoms with Gasteiger partial charge < -0.3 is 0 Å². The molecule has 0 unspecified atom stereocenters. The smallest absolute Gasteiger partial charge is 0.0531 e. The first-order valence-corrected chi connectivity index (χ1v) is 12.5. The van der Waals surface area contributed by atoms with Gasteiger partial charge in [0.25, 0.3) is 0 Å². The van der Waals surface area contributed by atoms with Crippen molar-refractivity contribution in [2.75, 3.05) is 11.5 Å². The predicted molar refractivity (Wildman–Crippen MR) is 111 cm³/mol. The number of rotatable bonds is 9. The van der Waals surface area contributed by atoms with E-state index in [1.807, 2.05) is 0 Å². The van der Waals surface area contributed by atoms with E-state index in [2.05, 4.69) is 44.3 Å². The largest absolute Gasteiger partial charge is 0.147 e. The maximum Gasteiger partial charge on any atom is 0.0531 e. The number of hydrogen-bond acceptors (Lipinski definition) is 2. The summed E-state index contributed by atoms with van der Waals surface area (Å²) >= 11 is 4.63. The molecule has 0 N–H and O–H groups in total. The van der Waals surface area contributed by atoms with Crippen LogP contribution in [0.1, 0.15) is 97.8 Å². The third-order valence-electron chi connectivity index (χ3n) is 6.07. The standard InChI is InChI=1S/C21H40S2/c1-4-6-8-9-10-18-11-13-19(14-12-18)20-22-16-21(3,17-23-20)15-7-5-2/h18-20H,4-17H2,1-3H3/t18?,19?,20-,21-. The molecule has 23 heavy (non-hydrogen) atoms. The monoisotopic (exact) mass is 356 g/mol. The van der Waals surface area contributed by atoms with Gasteiger partial charge in [0.05, 0.1) is 4.58 Å². The minimum Gasteiger partial charge on any atom is -0.147 e. The van der Waals surface area contributed by atoms with Crippen molar-refractivity contribution < 1.29 is 0 Å². The average Bonchev–Trinajstić information content (AvgIpc) is 2.58. The third-order valence-corrected chi connectivity index (χ3v) is 10.0. The van der Waals surface area contributed by atoms with Crippen LogP contribution in [0, 0.1) is 17.3 Å². The second-order valence-corrected chi connectivity index (χ2v) is 11.1. The Hall–Kier alpha value is 0.700. The van der Waals surface area contributed by atoms with Crippen LogP contribution in [0.4, 0.5) is 0 Å². The van der Waals surface area contributed by atoms with Crippen LogP contribution in [0.25, 0.3) is 0 Å². The second kappa shape index (κ2) is 10.6. The summed E-state index contributed by atoms with van der Waals surface area (Å²) in [5.74, 6) is 4.92. The Labute approximate surface area is 154 Å². The van der Waals surface area contributed by atoms with Gasteiger partial charge in [0.15, 0.2) is 0 Å². The first-order chi connectivity index (χ1) is 11.2. The molecule has 0 bridgehead atoms. The number of thioether (sulfide) groups is 2. The summed E-state index contributed by atoms with van der Waals surface area (Å²) in [7, 11) is 0. The molecule has 2 heteroatoms. The predicted octanol–water partition coefficient (Wildman–Crippen LogP) is 7.77. The number of unbranched alkanes of at least 4 members (excludes halogenated alkanes) is 4. The molecule has 1 aliphatic heterocycles. The fourth-order valence-electron chi connectivity index (χ4n) is 4.29. The van der Waals surface area contributed by atoms with Crippen molar-refractivity contribution >= 4 is 23.5 Å². The van der Waals surface area contributed by atoms with Gasteiger partial charge in [0, 0.05) is 11.5 Å². The zero-order chi connectivity index (χ0) is 16.5. The van der Waals surface area contributed by atoms with Crippen molar-refractivity contribution in [3.05, 3.63) is 0 Å². The van der Waals surface area contributed by atoms with Crippen molar-refractivity contribution in [1.29, 1.82) is 0 Å². The van der Waals surface area contributed by atoms with Gasteiger partial charge in [-0.2, -0.15) is 0 Å². The maximum atomic E-state index is 2.53. The number of hydrogen-bond donors (Lipinski definition) is 0. The quantitative estimate of drug-likeness (QED) is 0.387. The van der Waals surface area contributed by atoms with E-state index in [-0.39, 0.29) is 0 Å². The molecule has 1 saturated heterocycles. The van der Waals surface area contributed by atoms with Crippen LogP contribution in [0.5, 0.6) is 0 Å². The summed E-state index contributed by atoms with van der Waals surface area (Å²) in [6.45, 7) is 7.18. The van der Waals surface area contributed by atoms with Gasteiger partial charge in [-0.1, -0.05) is 78.6 Å². The Morgan fingerprint density at radius 2 is 1.48 bits per heavy atom. The Balaban J connectivity index is 1.63. The van der Waals surface area contributed by atoms with Crippen LogP contribution < -0.4 is 0 Å². The molecule has 2 aliphatic rings. The molecule has 0 atom stereocenters. The van der Waals surface area contributed by atoms with Crippen molar-refractivity contribution in [3.63, 3.8) is 0 Å². The lowest BCUT2D eigenvalue weighted by Crippen LogP contribution is -2.33. The van der Waals surface area contributed by atoms with Gasteiger partial charge in [-0.25, -0.2) is 0 Å². The van der Waals surface area contributed by atoms with Crippen molar-refractivity contribution in [2.24, 2.45) is 17.3 Å². The van der Waals surface area contributed by atoms with Gasteiger partial charge in [0.2, 0.25) is 0 Å². The molecule has 0 nitrogen and oxygen atoms in total. The van der Waals surface area contributed by atoms with E-state index in [0.717, 1.165) is 16.4 Å². The van der Waals surface area contributed by atoms with Gasteiger partial charge in [-0.15, -0.1) is 23.5 Å². The molecule has 1 aliphatic carbocycles. The highest BCUT2D eigenvalue weighted by atomic mass is 32.2. The molecule has 0 aromatic heterocycles. The summed E-state index contributed by atoms with van der Waals surface area (Å²) in [6.07, 6.45) is 17.6. The van der Waals surface area contributed by atoms with Crippen LogP contribution in [-0.2, 0) is 0 Å². The Morgan fingerprint density at radius 1 is 0.826 bits per heavy atom. The summed E-state index contributed by atoms with van der Waals surface area (Å²) in [6, 6.07) is 0. The molecule has 1 heterocycles. The SMILES string of the molecule is CCCCCCC1CCC([C@H]2SC[C@](C)(CCCC)CS2)CC1. The van der Waals surface area contributed by atoms with Crippen LogP contribution in [-0.4, -0.2) is 16.1 Å². The van der Waals surface area contributed by atoms with Crippen molar-refractivity contribution in [2.45, 2.75) is 102 Å². The molecular weight excluding hydrogens is 316 g/mol. The third kappa shape index (κ3) is 6.84. The normalized spacial score (nSPS) is 35.3. The van der Waals surface area contributed by atoms with E-state index in [9.17, 15) is 0 Å². The van der Waals surface area contributed by atoms with Gasteiger partial charge in [-0.05, 0) is 36.5 Å². The topological polar surface area (TPSA) is 0 Å². The van der Waals surface area contributed by atoms with Crippen molar-refractivity contribution in [3.8, 4) is 0 Å². The van der Waals surface area contributed by atoms with E-state index >= 15 is 0 Å². The van der Waals surface area contributed by atoms with E-state index in [1.165, 1.54) is 88.6 Å². The Bertz CT molecular complexity index is 299. The molecule has 2 fully saturated rings. The van der Waals surface area contributed by atoms with Crippen LogP contribution in [0.15, 0.2) is 0 Å². The first-order valence-electron chi connectivity index (χ1n) is 10.4. The minimum absolute atomic E-state index is 0.623. The molecule has 0 spiro atoms. The van der Waals surface area contributed by atoms with E-state index < -0.39 is 0 Å². The Morgan fingerprint density at radius 3 is 2.09 bits per heavy atom. The van der Waals surface area contributed by atoms with Crippen LogP contribution in [0.3, 0.4) is 0 Å². The first kappa shape index (κ1) is 20.0. The molecule has 0 aromatic carbocycles. The lowest BCUT2D eigenvalue weighted by atomic mass is 9.80. The van der Waals surface area contributed by atoms with E-state index in [4.69, 9.17) is 0 Å². The van der Waals surface area contributed by atoms with Crippen molar-refractivity contribution in [1.82, 2.24) is 0 Å². The average molecular weight is 357 g/mol. The van der Waals surface area contributed by atoms with Crippen LogP contribution >= 0.6 is 23.5 Å². The summed E-state index contributed by atoms with van der Waals surface area (Å²) in [5, 5.41) is 0. The van der Waals surface area contributed by atoms with E-state index in [1.54, 1.807) is 0 Å². The molecule has 0 amide bonds. The lowest BCUT2D eigenvalue weighted by Gasteiger charge is -2.41. The molecule has 2 rings (SSSR count). The zero-order valence-electron chi connectivity index (χ0n) is 15.9. The molecule has 0 radical (unpaired) electrons. The van der Waals surface area contributed by atoms with Gasteiger partial charge in [-0.3, -0.25) is 0 Å². The van der Waals surface area contributed by atoms with E-state index in [0.29, 0.717) is 5.41 Å². The summed E-state index contributed by atoms with van der Waals surface area (Å²) in [5.41, 5.74) is 0.623. The molecule has 0 aromatic rings. The van der Waals surface area contributed by atoms with Gasteiger partial charge >= 0.3 is 0 Å². The lowest BCUT2D eigenvalue weighted by molar-refractivity contribution is 0.268. The highest BCUT2D eigenvalue weighted by Crippen LogP contribution is 2.49. The highest BCUT2D eigenvalue weighted by Gasteiger charge is 2.36. The van der Waals surface area contributed by atoms with Gasteiger partial charge in [0.1, 0.15) is 0 Å². The highest BCUT2D eigenvalue weighted by molar-refractivity contribution is 8.17. The summed E-state index contributed by atoms with van der Waals surface area (Å²) < 4.78 is 0.922. The molecule has 136 valence electrons. The molecular formula is C21H40S2. The van der Waals surface area contributed by atoms with Crippen LogP contribution in [0.2, 0.25) is 0 Å². The molecule has 1 saturated carbocycles. The summed E-state index contributed by atoms with van der Waals surface area (Å²) in [4.78, 5) is 0. The second-order valence-electron chi connectivity index (χ2n) is 8.53. The Kier molecular flexibility index (Phi) is 9.26.